The van der Waals surface area contributed by atoms with Gasteiger partial charge in [0.15, 0.2) is 0 Å². The Hall–Kier alpha value is -2.36. The first-order chi connectivity index (χ1) is 13.2. The van der Waals surface area contributed by atoms with Crippen LogP contribution >= 0.6 is 11.3 Å². The van der Waals surface area contributed by atoms with Crippen LogP contribution in [0.1, 0.15) is 21.8 Å². The second-order valence-corrected chi connectivity index (χ2v) is 9.53. The number of rotatable bonds is 6. The second-order valence-electron chi connectivity index (χ2n) is 6.59. The molecule has 0 bridgehead atoms. The molecule has 0 saturated heterocycles. The first kappa shape index (κ1) is 20.4. The van der Waals surface area contributed by atoms with E-state index in [4.69, 9.17) is 0 Å². The third-order valence-electron chi connectivity index (χ3n) is 4.24. The molecule has 0 aliphatic heterocycles. The van der Waals surface area contributed by atoms with Crippen molar-refractivity contribution in [3.05, 3.63) is 62.5 Å². The van der Waals surface area contributed by atoms with Gasteiger partial charge in [0.2, 0.25) is 10.0 Å². The van der Waals surface area contributed by atoms with Crippen molar-refractivity contribution in [1.29, 1.82) is 0 Å². The summed E-state index contributed by atoms with van der Waals surface area (Å²) in [5, 5.41) is 5.30. The maximum atomic E-state index is 12.5. The number of hydrogen-bond donors (Lipinski definition) is 1. The molecule has 0 atom stereocenters. The highest BCUT2D eigenvalue weighted by atomic mass is 32.2. The number of thiazole rings is 1. The van der Waals surface area contributed by atoms with Crippen molar-refractivity contribution in [2.45, 2.75) is 39.1 Å². The lowest BCUT2D eigenvalue weighted by Gasteiger charge is -2.11. The number of nitrogens with one attached hydrogen (secondary N) is 1. The second kappa shape index (κ2) is 7.94. The van der Waals surface area contributed by atoms with Crippen LogP contribution in [0.5, 0.6) is 0 Å². The van der Waals surface area contributed by atoms with Gasteiger partial charge in [-0.05, 0) is 45.4 Å². The normalized spacial score (nSPS) is 11.7. The zero-order valence-corrected chi connectivity index (χ0v) is 17.8. The first-order valence-corrected chi connectivity index (χ1v) is 11.1. The number of nitrogens with zero attached hydrogens (tertiary/aromatic N) is 3. The molecule has 2 heterocycles. The van der Waals surface area contributed by atoms with E-state index in [9.17, 15) is 13.2 Å². The molecule has 3 rings (SSSR count). The van der Waals surface area contributed by atoms with E-state index in [1.807, 2.05) is 26.8 Å². The molecule has 0 radical (unpaired) electrons. The van der Waals surface area contributed by atoms with Gasteiger partial charge in [-0.3, -0.25) is 4.79 Å². The highest BCUT2D eigenvalue weighted by molar-refractivity contribution is 7.89. The summed E-state index contributed by atoms with van der Waals surface area (Å²) < 4.78 is 28.9. The summed E-state index contributed by atoms with van der Waals surface area (Å²) in [5.41, 5.74) is 2.91. The van der Waals surface area contributed by atoms with Crippen LogP contribution in [0.25, 0.3) is 10.6 Å². The summed E-state index contributed by atoms with van der Waals surface area (Å²) >= 11 is 1.51. The van der Waals surface area contributed by atoms with Gasteiger partial charge in [0.05, 0.1) is 27.0 Å². The summed E-state index contributed by atoms with van der Waals surface area (Å²) in [6.07, 6.45) is 0. The Morgan fingerprint density at radius 3 is 2.50 bits per heavy atom. The predicted octanol–water partition coefficient (Wildman–Crippen LogP) is 2.58. The van der Waals surface area contributed by atoms with Crippen LogP contribution < -0.4 is 10.3 Å². The van der Waals surface area contributed by atoms with Crippen LogP contribution in [0.2, 0.25) is 0 Å². The quantitative estimate of drug-likeness (QED) is 0.664. The van der Waals surface area contributed by atoms with Gasteiger partial charge in [-0.15, -0.1) is 11.3 Å². The van der Waals surface area contributed by atoms with Crippen molar-refractivity contribution >= 4 is 21.4 Å². The minimum absolute atomic E-state index is 0.0622. The molecule has 28 heavy (non-hydrogen) atoms. The zero-order valence-electron chi connectivity index (χ0n) is 16.2. The maximum Gasteiger partial charge on any atom is 0.266 e. The lowest BCUT2D eigenvalue weighted by Crippen LogP contribution is -2.32. The van der Waals surface area contributed by atoms with Crippen LogP contribution in [0.3, 0.4) is 0 Å². The van der Waals surface area contributed by atoms with E-state index in [0.29, 0.717) is 11.3 Å². The highest BCUT2D eigenvalue weighted by Crippen LogP contribution is 2.27. The molecule has 9 heteroatoms. The summed E-state index contributed by atoms with van der Waals surface area (Å²) in [7, 11) is -3.66. The molecule has 148 valence electrons. The summed E-state index contributed by atoms with van der Waals surface area (Å²) in [6.45, 7) is 7.68. The summed E-state index contributed by atoms with van der Waals surface area (Å²) in [4.78, 5) is 17.6. The average molecular weight is 419 g/mol. The van der Waals surface area contributed by atoms with Crippen molar-refractivity contribution in [1.82, 2.24) is 19.5 Å². The van der Waals surface area contributed by atoms with Gasteiger partial charge in [0.1, 0.15) is 5.69 Å². The number of benzene rings is 1. The van der Waals surface area contributed by atoms with Crippen molar-refractivity contribution in [2.24, 2.45) is 0 Å². The van der Waals surface area contributed by atoms with E-state index in [1.54, 1.807) is 25.1 Å². The van der Waals surface area contributed by atoms with E-state index < -0.39 is 10.0 Å². The van der Waals surface area contributed by atoms with E-state index in [2.05, 4.69) is 14.8 Å². The molecular weight excluding hydrogens is 396 g/mol. The SMILES string of the molecule is Cc1ccc(S(=O)(=O)NCCn2nc(-c3sc(C)nc3C)ccc2=O)c(C)c1. The Morgan fingerprint density at radius 1 is 1.11 bits per heavy atom. The van der Waals surface area contributed by atoms with Crippen LogP contribution in [0.4, 0.5) is 0 Å². The van der Waals surface area contributed by atoms with Crippen molar-refractivity contribution in [3.63, 3.8) is 0 Å². The lowest BCUT2D eigenvalue weighted by atomic mass is 10.2. The number of hydrogen-bond acceptors (Lipinski definition) is 6. The van der Waals surface area contributed by atoms with Crippen molar-refractivity contribution in [3.8, 4) is 10.6 Å². The molecule has 0 saturated carbocycles. The highest BCUT2D eigenvalue weighted by Gasteiger charge is 2.16. The van der Waals surface area contributed by atoms with E-state index in [-0.39, 0.29) is 23.5 Å². The average Bonchev–Trinajstić information content (AvgIpc) is 2.94. The number of aromatic nitrogens is 3. The standard InChI is InChI=1S/C19H22N4O3S2/c1-12-5-7-17(13(2)11-12)28(25,26)20-9-10-23-18(24)8-6-16(22-23)19-14(3)21-15(4)27-19/h5-8,11,20H,9-10H2,1-4H3. The van der Waals surface area contributed by atoms with Gasteiger partial charge in [-0.2, -0.15) is 5.10 Å². The number of aryl methyl sites for hydroxylation is 4. The van der Waals surface area contributed by atoms with Crippen LogP contribution in [-0.4, -0.2) is 29.7 Å². The molecule has 0 spiro atoms. The van der Waals surface area contributed by atoms with Gasteiger partial charge >= 0.3 is 0 Å². The van der Waals surface area contributed by atoms with Gasteiger partial charge in [-0.1, -0.05) is 17.7 Å². The fourth-order valence-electron chi connectivity index (χ4n) is 2.96. The summed E-state index contributed by atoms with van der Waals surface area (Å²) in [6, 6.07) is 8.28. The monoisotopic (exact) mass is 418 g/mol. The smallest absolute Gasteiger partial charge is 0.266 e. The van der Waals surface area contributed by atoms with Crippen LogP contribution in [-0.2, 0) is 16.6 Å². The molecular formula is C19H22N4O3S2. The molecule has 1 aromatic carbocycles. The minimum Gasteiger partial charge on any atom is -0.268 e. The van der Waals surface area contributed by atoms with Gasteiger partial charge in [0, 0.05) is 12.6 Å². The Balaban J connectivity index is 1.77. The lowest BCUT2D eigenvalue weighted by molar-refractivity contribution is 0.548. The van der Waals surface area contributed by atoms with Crippen LogP contribution in [0.15, 0.2) is 40.0 Å². The first-order valence-electron chi connectivity index (χ1n) is 8.77. The Kier molecular flexibility index (Phi) is 5.78. The predicted molar refractivity (Wildman–Crippen MR) is 110 cm³/mol. The van der Waals surface area contributed by atoms with Crippen molar-refractivity contribution in [2.75, 3.05) is 6.54 Å². The van der Waals surface area contributed by atoms with Gasteiger partial charge in [0.25, 0.3) is 5.56 Å². The minimum atomic E-state index is -3.66. The molecule has 3 aromatic rings. The molecule has 0 aliphatic rings. The molecule has 7 nitrogen and oxygen atoms in total. The molecule has 2 aromatic heterocycles. The van der Waals surface area contributed by atoms with Crippen LogP contribution in [0, 0.1) is 27.7 Å². The topological polar surface area (TPSA) is 93.9 Å². The fraction of sp³-hybridized carbons (Fsp3) is 0.316. The Bertz CT molecular complexity index is 1180. The Morgan fingerprint density at radius 2 is 1.86 bits per heavy atom. The Labute approximate surface area is 168 Å². The number of sulfonamides is 1. The van der Waals surface area contributed by atoms with Gasteiger partial charge < -0.3 is 0 Å². The maximum absolute atomic E-state index is 12.5. The van der Waals surface area contributed by atoms with E-state index in [1.165, 1.54) is 22.1 Å². The summed E-state index contributed by atoms with van der Waals surface area (Å²) in [5.74, 6) is 0. The zero-order chi connectivity index (χ0) is 20.5. The molecule has 1 N–H and O–H groups in total. The third kappa shape index (κ3) is 4.37. The van der Waals surface area contributed by atoms with Crippen molar-refractivity contribution < 1.29 is 8.42 Å². The molecule has 0 fully saturated rings. The van der Waals surface area contributed by atoms with Gasteiger partial charge in [-0.25, -0.2) is 22.8 Å². The largest absolute Gasteiger partial charge is 0.268 e. The van der Waals surface area contributed by atoms with E-state index >= 15 is 0 Å². The molecule has 0 amide bonds. The fourth-order valence-corrected chi connectivity index (χ4v) is 5.09. The third-order valence-corrected chi connectivity index (χ3v) is 6.96. The van der Waals surface area contributed by atoms with E-state index in [0.717, 1.165) is 21.1 Å². The molecule has 0 unspecified atom stereocenters. The molecule has 0 aliphatic carbocycles.